The molecule has 0 spiro atoms. The van der Waals surface area contributed by atoms with Gasteiger partial charge in [-0.1, -0.05) is 24.3 Å². The number of likely N-dealkylation sites (N-methyl/N-ethyl adjacent to an activating group) is 1. The first kappa shape index (κ1) is 25.9. The number of benzene rings is 1. The van der Waals surface area contributed by atoms with E-state index < -0.39 is 0 Å². The Morgan fingerprint density at radius 1 is 1.13 bits per heavy atom. The lowest BCUT2D eigenvalue weighted by atomic mass is 10.0. The third-order valence-corrected chi connectivity index (χ3v) is 7.74. The standard InChI is InChI=1S/C30H37N7O2/c1-19(2)37-28-25(17-32-37)24(27-30(39-27)31-16-23-9-8-20(3)33-29(23)38)15-26(34-28)22-7-5-6-21(14-22)18-36-12-10-35(4)11-13-36/h5-9,14-15,17,19,27,30-31H,10-13,16,18H2,1-4H3,(H,33,38). The Labute approximate surface area is 228 Å². The van der Waals surface area contributed by atoms with Gasteiger partial charge in [0.15, 0.2) is 5.65 Å². The summed E-state index contributed by atoms with van der Waals surface area (Å²) in [5.74, 6) is 0. The Bertz CT molecular complexity index is 1530. The smallest absolute Gasteiger partial charge is 0.252 e. The van der Waals surface area contributed by atoms with Crippen molar-refractivity contribution in [2.24, 2.45) is 0 Å². The highest BCUT2D eigenvalue weighted by Gasteiger charge is 2.42. The Morgan fingerprint density at radius 3 is 2.72 bits per heavy atom. The van der Waals surface area contributed by atoms with Crippen LogP contribution in [0.15, 0.2) is 53.5 Å². The quantitative estimate of drug-likeness (QED) is 0.338. The van der Waals surface area contributed by atoms with Gasteiger partial charge in [0.1, 0.15) is 12.3 Å². The summed E-state index contributed by atoms with van der Waals surface area (Å²) < 4.78 is 8.07. The molecule has 0 amide bonds. The van der Waals surface area contributed by atoms with Gasteiger partial charge in [-0.05, 0) is 57.1 Å². The molecule has 4 aromatic rings. The SMILES string of the molecule is Cc1ccc(CNC2OC2c2cc(-c3cccc(CN4CCN(C)CC4)c3)nc3c2cnn3C(C)C)c(=O)[nH]1. The molecule has 2 unspecified atom stereocenters. The summed E-state index contributed by atoms with van der Waals surface area (Å²) in [7, 11) is 2.19. The van der Waals surface area contributed by atoms with E-state index in [1.54, 1.807) is 0 Å². The molecule has 1 aromatic carbocycles. The maximum atomic E-state index is 12.3. The normalized spacial score (nSPS) is 20.2. The fourth-order valence-corrected chi connectivity index (χ4v) is 5.35. The number of hydrogen-bond acceptors (Lipinski definition) is 7. The summed E-state index contributed by atoms with van der Waals surface area (Å²) in [4.78, 5) is 25.1. The molecule has 9 nitrogen and oxygen atoms in total. The van der Waals surface area contributed by atoms with Gasteiger partial charge in [0.2, 0.25) is 0 Å². The summed E-state index contributed by atoms with van der Waals surface area (Å²) in [6, 6.07) is 14.8. The zero-order valence-electron chi connectivity index (χ0n) is 23.1. The monoisotopic (exact) mass is 527 g/mol. The third kappa shape index (κ3) is 5.53. The topological polar surface area (TPSA) is 94.6 Å². The van der Waals surface area contributed by atoms with E-state index in [4.69, 9.17) is 9.72 Å². The minimum atomic E-state index is -0.171. The minimum absolute atomic E-state index is 0.0667. The van der Waals surface area contributed by atoms with Gasteiger partial charge in [0.05, 0.1) is 11.9 Å². The highest BCUT2D eigenvalue weighted by molar-refractivity contribution is 5.83. The number of ether oxygens (including phenoxy) is 1. The average molecular weight is 528 g/mol. The van der Waals surface area contributed by atoms with E-state index >= 15 is 0 Å². The number of H-pyrrole nitrogens is 1. The van der Waals surface area contributed by atoms with Crippen LogP contribution in [0.4, 0.5) is 0 Å². The van der Waals surface area contributed by atoms with Crippen LogP contribution in [0.5, 0.6) is 0 Å². The van der Waals surface area contributed by atoms with Crippen molar-refractivity contribution in [2.75, 3.05) is 33.2 Å². The lowest BCUT2D eigenvalue weighted by molar-refractivity contribution is 0.148. The highest BCUT2D eigenvalue weighted by Crippen LogP contribution is 2.42. The fraction of sp³-hybridized carbons (Fsp3) is 0.433. The lowest BCUT2D eigenvalue weighted by Crippen LogP contribution is -2.43. The molecule has 9 heteroatoms. The molecule has 6 rings (SSSR count). The van der Waals surface area contributed by atoms with Crippen LogP contribution in [0.3, 0.4) is 0 Å². The summed E-state index contributed by atoms with van der Waals surface area (Å²) in [5, 5.41) is 9.06. The van der Waals surface area contributed by atoms with Crippen molar-refractivity contribution >= 4 is 11.0 Å². The number of aromatic nitrogens is 4. The first-order chi connectivity index (χ1) is 18.9. The molecule has 2 N–H and O–H groups in total. The van der Waals surface area contributed by atoms with Crippen molar-refractivity contribution in [3.63, 3.8) is 0 Å². The van der Waals surface area contributed by atoms with Crippen molar-refractivity contribution in [1.82, 2.24) is 34.9 Å². The van der Waals surface area contributed by atoms with Crippen molar-refractivity contribution in [3.8, 4) is 11.3 Å². The predicted octanol–water partition coefficient (Wildman–Crippen LogP) is 3.61. The minimum Gasteiger partial charge on any atom is -0.348 e. The van der Waals surface area contributed by atoms with Gasteiger partial charge in [0.25, 0.3) is 5.56 Å². The van der Waals surface area contributed by atoms with Crippen LogP contribution in [0.2, 0.25) is 0 Å². The second-order valence-electron chi connectivity index (χ2n) is 11.2. The molecule has 2 fully saturated rings. The van der Waals surface area contributed by atoms with Gasteiger partial charge in [-0.15, -0.1) is 0 Å². The second-order valence-corrected chi connectivity index (χ2v) is 11.2. The number of piperazine rings is 1. The Kier molecular flexibility index (Phi) is 7.07. The van der Waals surface area contributed by atoms with Gasteiger partial charge in [-0.2, -0.15) is 5.10 Å². The molecule has 0 aliphatic carbocycles. The van der Waals surface area contributed by atoms with E-state index in [2.05, 4.69) is 76.4 Å². The zero-order valence-corrected chi connectivity index (χ0v) is 23.1. The van der Waals surface area contributed by atoms with Crippen LogP contribution in [0.1, 0.15) is 48.4 Å². The molecule has 2 aliphatic heterocycles. The van der Waals surface area contributed by atoms with Crippen molar-refractivity contribution in [2.45, 2.75) is 52.2 Å². The van der Waals surface area contributed by atoms with Crippen LogP contribution in [0, 0.1) is 6.92 Å². The molecule has 0 radical (unpaired) electrons. The number of aryl methyl sites for hydroxylation is 1. The van der Waals surface area contributed by atoms with Crippen LogP contribution in [0.25, 0.3) is 22.3 Å². The number of pyridine rings is 2. The van der Waals surface area contributed by atoms with E-state index in [0.29, 0.717) is 12.1 Å². The summed E-state index contributed by atoms with van der Waals surface area (Å²) in [5.41, 5.74) is 6.73. The fourth-order valence-electron chi connectivity index (χ4n) is 5.35. The molecule has 2 atom stereocenters. The van der Waals surface area contributed by atoms with Crippen LogP contribution in [-0.2, 0) is 17.8 Å². The third-order valence-electron chi connectivity index (χ3n) is 7.74. The number of hydrogen-bond donors (Lipinski definition) is 2. The molecule has 39 heavy (non-hydrogen) atoms. The van der Waals surface area contributed by atoms with Gasteiger partial charge >= 0.3 is 0 Å². The maximum absolute atomic E-state index is 12.3. The molecule has 2 aliphatic rings. The number of rotatable bonds is 8. The number of epoxide rings is 1. The van der Waals surface area contributed by atoms with Crippen LogP contribution in [-0.4, -0.2) is 69.0 Å². The molecule has 5 heterocycles. The number of fused-ring (bicyclic) bond motifs is 1. The molecule has 204 valence electrons. The van der Waals surface area contributed by atoms with Crippen LogP contribution >= 0.6 is 0 Å². The number of nitrogens with one attached hydrogen (secondary N) is 2. The highest BCUT2D eigenvalue weighted by atomic mass is 16.6. The van der Waals surface area contributed by atoms with Gasteiger partial charge in [0, 0.05) is 67.5 Å². The van der Waals surface area contributed by atoms with E-state index in [0.717, 1.165) is 66.3 Å². The van der Waals surface area contributed by atoms with Gasteiger partial charge in [-0.3, -0.25) is 15.0 Å². The largest absolute Gasteiger partial charge is 0.348 e. The van der Waals surface area contributed by atoms with E-state index in [1.807, 2.05) is 29.9 Å². The molecular formula is C30H37N7O2. The predicted molar refractivity (Wildman–Crippen MR) is 152 cm³/mol. The second kappa shape index (κ2) is 10.7. The summed E-state index contributed by atoms with van der Waals surface area (Å²) >= 11 is 0. The van der Waals surface area contributed by atoms with Crippen molar-refractivity contribution < 1.29 is 4.74 Å². The molecule has 0 saturated carbocycles. The average Bonchev–Trinajstić information content (AvgIpc) is 3.56. The molecule has 0 bridgehead atoms. The Hall–Kier alpha value is -3.37. The number of nitrogens with zero attached hydrogens (tertiary/aromatic N) is 5. The number of aromatic amines is 1. The van der Waals surface area contributed by atoms with Crippen LogP contribution < -0.4 is 10.9 Å². The first-order valence-electron chi connectivity index (χ1n) is 13.8. The first-order valence-corrected chi connectivity index (χ1v) is 13.8. The van der Waals surface area contributed by atoms with E-state index in [1.165, 1.54) is 5.56 Å². The molecule has 3 aromatic heterocycles. The van der Waals surface area contributed by atoms with Crippen molar-refractivity contribution in [3.05, 3.63) is 81.4 Å². The Balaban J connectivity index is 1.27. The van der Waals surface area contributed by atoms with Gasteiger partial charge < -0.3 is 14.6 Å². The Morgan fingerprint density at radius 2 is 1.95 bits per heavy atom. The lowest BCUT2D eigenvalue weighted by Gasteiger charge is -2.32. The summed E-state index contributed by atoms with van der Waals surface area (Å²) in [6.07, 6.45) is 1.60. The van der Waals surface area contributed by atoms with Crippen molar-refractivity contribution in [1.29, 1.82) is 0 Å². The molecular weight excluding hydrogens is 490 g/mol. The summed E-state index contributed by atoms with van der Waals surface area (Å²) in [6.45, 7) is 11.9. The van der Waals surface area contributed by atoms with E-state index in [9.17, 15) is 4.79 Å². The zero-order chi connectivity index (χ0) is 27.1. The van der Waals surface area contributed by atoms with E-state index in [-0.39, 0.29) is 23.9 Å². The molecule has 2 saturated heterocycles. The van der Waals surface area contributed by atoms with Gasteiger partial charge in [-0.25, -0.2) is 9.67 Å². The maximum Gasteiger partial charge on any atom is 0.252 e.